The van der Waals surface area contributed by atoms with E-state index in [0.717, 1.165) is 13.0 Å². The third-order valence-electron chi connectivity index (χ3n) is 1.63. The highest BCUT2D eigenvalue weighted by molar-refractivity contribution is 5.84. The van der Waals surface area contributed by atoms with Crippen molar-refractivity contribution in [2.24, 2.45) is 5.92 Å². The summed E-state index contributed by atoms with van der Waals surface area (Å²) in [6.07, 6.45) is 0.608. The van der Waals surface area contributed by atoms with Crippen LogP contribution in [-0.2, 0) is 4.79 Å². The first-order chi connectivity index (χ1) is 5.09. The third kappa shape index (κ3) is 4.11. The van der Waals surface area contributed by atoms with Gasteiger partial charge in [-0.2, -0.15) is 0 Å². The van der Waals surface area contributed by atoms with Crippen molar-refractivity contribution in [3.8, 4) is 0 Å². The smallest absolute Gasteiger partial charge is 0.163 e. The lowest BCUT2D eigenvalue weighted by molar-refractivity contribution is -0.368. The van der Waals surface area contributed by atoms with Crippen LogP contribution in [0.5, 0.6) is 0 Å². The molecule has 0 aliphatic rings. The van der Waals surface area contributed by atoms with Crippen LogP contribution < -0.4 is 5.73 Å². The number of aliphatic hydroxyl groups is 1. The molecule has 0 aromatic carbocycles. The van der Waals surface area contributed by atoms with Gasteiger partial charge < -0.3 is 10.8 Å². The molecular weight excluding hydrogens is 142 g/mol. The highest BCUT2D eigenvalue weighted by atomic mass is 16.3. The van der Waals surface area contributed by atoms with Crippen molar-refractivity contribution < 1.29 is 15.6 Å². The Hall–Kier alpha value is -0.410. The minimum absolute atomic E-state index is 0.0570. The SMILES string of the molecule is CC(C)C(=O)C(O)CCC[NH3+]. The Morgan fingerprint density at radius 2 is 2.09 bits per heavy atom. The van der Waals surface area contributed by atoms with Crippen LogP contribution in [0.15, 0.2) is 0 Å². The molecule has 0 spiro atoms. The minimum atomic E-state index is -0.767. The Balaban J connectivity index is 3.64. The lowest BCUT2D eigenvalue weighted by Crippen LogP contribution is -2.50. The second kappa shape index (κ2) is 5.27. The molecule has 0 heterocycles. The highest BCUT2D eigenvalue weighted by Crippen LogP contribution is 2.04. The van der Waals surface area contributed by atoms with Crippen molar-refractivity contribution >= 4 is 5.78 Å². The average Bonchev–Trinajstić information content (AvgIpc) is 1.98. The number of aliphatic hydroxyl groups excluding tert-OH is 1. The molecule has 66 valence electrons. The molecule has 1 unspecified atom stereocenters. The van der Waals surface area contributed by atoms with Crippen LogP contribution in [0.3, 0.4) is 0 Å². The number of carbonyl (C=O) groups excluding carboxylic acids is 1. The van der Waals surface area contributed by atoms with E-state index < -0.39 is 6.10 Å². The van der Waals surface area contributed by atoms with E-state index in [1.807, 2.05) is 0 Å². The molecule has 11 heavy (non-hydrogen) atoms. The van der Waals surface area contributed by atoms with Gasteiger partial charge in [0.25, 0.3) is 0 Å². The van der Waals surface area contributed by atoms with Gasteiger partial charge in [-0.1, -0.05) is 13.8 Å². The van der Waals surface area contributed by atoms with Gasteiger partial charge in [-0.3, -0.25) is 4.79 Å². The van der Waals surface area contributed by atoms with Crippen LogP contribution in [0.4, 0.5) is 0 Å². The first-order valence-corrected chi connectivity index (χ1v) is 4.10. The van der Waals surface area contributed by atoms with Crippen molar-refractivity contribution in [2.75, 3.05) is 6.54 Å². The molecule has 0 saturated heterocycles. The minimum Gasteiger partial charge on any atom is -0.385 e. The molecule has 0 aromatic heterocycles. The Morgan fingerprint density at radius 1 is 1.55 bits per heavy atom. The molecule has 0 aliphatic carbocycles. The largest absolute Gasteiger partial charge is 0.385 e. The Labute approximate surface area is 67.6 Å². The molecule has 0 aliphatic heterocycles. The summed E-state index contributed by atoms with van der Waals surface area (Å²) in [6.45, 7) is 4.38. The second-order valence-corrected chi connectivity index (χ2v) is 3.07. The maximum atomic E-state index is 11.1. The van der Waals surface area contributed by atoms with Gasteiger partial charge in [-0.05, 0) is 12.8 Å². The van der Waals surface area contributed by atoms with Crippen molar-refractivity contribution in [1.29, 1.82) is 0 Å². The van der Waals surface area contributed by atoms with Crippen LogP contribution in [-0.4, -0.2) is 23.5 Å². The molecule has 0 saturated carbocycles. The van der Waals surface area contributed by atoms with E-state index in [1.54, 1.807) is 13.8 Å². The summed E-state index contributed by atoms with van der Waals surface area (Å²) in [6, 6.07) is 0. The Kier molecular flexibility index (Phi) is 5.07. The summed E-state index contributed by atoms with van der Waals surface area (Å²) in [5.74, 6) is -0.117. The third-order valence-corrected chi connectivity index (χ3v) is 1.63. The second-order valence-electron chi connectivity index (χ2n) is 3.07. The zero-order chi connectivity index (χ0) is 8.85. The number of carbonyl (C=O) groups is 1. The zero-order valence-electron chi connectivity index (χ0n) is 7.34. The summed E-state index contributed by atoms with van der Waals surface area (Å²) >= 11 is 0. The van der Waals surface area contributed by atoms with Gasteiger partial charge in [0.05, 0.1) is 6.54 Å². The van der Waals surface area contributed by atoms with Gasteiger partial charge in [0.2, 0.25) is 0 Å². The number of rotatable bonds is 5. The fraction of sp³-hybridized carbons (Fsp3) is 0.875. The van der Waals surface area contributed by atoms with Crippen molar-refractivity contribution in [3.05, 3.63) is 0 Å². The molecule has 3 heteroatoms. The maximum Gasteiger partial charge on any atom is 0.163 e. The zero-order valence-corrected chi connectivity index (χ0v) is 7.34. The molecule has 0 rings (SSSR count). The number of hydrogen-bond donors (Lipinski definition) is 2. The van der Waals surface area contributed by atoms with Gasteiger partial charge in [0.1, 0.15) is 6.10 Å². The topological polar surface area (TPSA) is 64.9 Å². The summed E-state index contributed by atoms with van der Waals surface area (Å²) in [5.41, 5.74) is 3.64. The molecule has 0 amide bonds. The van der Waals surface area contributed by atoms with Gasteiger partial charge in [0.15, 0.2) is 5.78 Å². The van der Waals surface area contributed by atoms with Gasteiger partial charge in [0, 0.05) is 5.92 Å². The first kappa shape index (κ1) is 10.6. The van der Waals surface area contributed by atoms with Gasteiger partial charge in [-0.15, -0.1) is 0 Å². The molecule has 0 fully saturated rings. The fourth-order valence-electron chi connectivity index (χ4n) is 0.865. The lowest BCUT2D eigenvalue weighted by atomic mass is 10.0. The van der Waals surface area contributed by atoms with Crippen molar-refractivity contribution in [1.82, 2.24) is 0 Å². The highest BCUT2D eigenvalue weighted by Gasteiger charge is 2.17. The average molecular weight is 160 g/mol. The number of hydrogen-bond acceptors (Lipinski definition) is 2. The molecule has 0 bridgehead atoms. The fourth-order valence-corrected chi connectivity index (χ4v) is 0.865. The van der Waals surface area contributed by atoms with Crippen LogP contribution in [0.1, 0.15) is 26.7 Å². The summed E-state index contributed by atoms with van der Waals surface area (Å²) in [4.78, 5) is 11.1. The Bertz CT molecular complexity index is 123. The predicted octanol–water partition coefficient (Wildman–Crippen LogP) is -0.405. The summed E-state index contributed by atoms with van der Waals surface area (Å²) in [5, 5.41) is 9.24. The van der Waals surface area contributed by atoms with E-state index in [0.29, 0.717) is 6.42 Å². The van der Waals surface area contributed by atoms with Gasteiger partial charge in [-0.25, -0.2) is 0 Å². The number of Topliss-reactive ketones (excluding diaryl/α,β-unsaturated/α-hetero) is 1. The standard InChI is InChI=1S/C8H17NO2/c1-6(2)8(11)7(10)4-3-5-9/h6-7,10H,3-5,9H2,1-2H3/p+1. The molecule has 0 radical (unpaired) electrons. The summed E-state index contributed by atoms with van der Waals surface area (Å²) in [7, 11) is 0. The van der Waals surface area contributed by atoms with Crippen molar-refractivity contribution in [2.45, 2.75) is 32.8 Å². The van der Waals surface area contributed by atoms with Crippen LogP contribution in [0.2, 0.25) is 0 Å². The van der Waals surface area contributed by atoms with E-state index in [1.165, 1.54) is 0 Å². The maximum absolute atomic E-state index is 11.1. The number of quaternary nitrogens is 1. The molecule has 0 aromatic rings. The van der Waals surface area contributed by atoms with Crippen LogP contribution >= 0.6 is 0 Å². The predicted molar refractivity (Wildman–Crippen MR) is 42.8 cm³/mol. The Morgan fingerprint density at radius 3 is 2.45 bits per heavy atom. The van der Waals surface area contributed by atoms with E-state index in [-0.39, 0.29) is 11.7 Å². The molecular formula is C8H18NO2+. The van der Waals surface area contributed by atoms with Gasteiger partial charge >= 0.3 is 0 Å². The lowest BCUT2D eigenvalue weighted by Gasteiger charge is -2.10. The van der Waals surface area contributed by atoms with E-state index in [4.69, 9.17) is 0 Å². The van der Waals surface area contributed by atoms with E-state index in [9.17, 15) is 9.90 Å². The molecule has 4 N–H and O–H groups in total. The van der Waals surface area contributed by atoms with Crippen LogP contribution in [0, 0.1) is 5.92 Å². The number of ketones is 1. The normalized spacial score (nSPS) is 13.5. The summed E-state index contributed by atoms with van der Waals surface area (Å²) < 4.78 is 0. The first-order valence-electron chi connectivity index (χ1n) is 4.10. The van der Waals surface area contributed by atoms with Crippen LogP contribution in [0.25, 0.3) is 0 Å². The molecule has 3 nitrogen and oxygen atoms in total. The monoisotopic (exact) mass is 160 g/mol. The molecule has 1 atom stereocenters. The van der Waals surface area contributed by atoms with E-state index in [2.05, 4.69) is 5.73 Å². The quantitative estimate of drug-likeness (QED) is 0.574. The van der Waals surface area contributed by atoms with Crippen molar-refractivity contribution in [3.63, 3.8) is 0 Å². The van der Waals surface area contributed by atoms with E-state index >= 15 is 0 Å².